The van der Waals surface area contributed by atoms with Crippen LogP contribution in [-0.2, 0) is 4.79 Å². The largest absolute Gasteiger partial charge is 0.496 e. The van der Waals surface area contributed by atoms with Crippen molar-refractivity contribution in [3.05, 3.63) is 28.3 Å². The summed E-state index contributed by atoms with van der Waals surface area (Å²) in [6.45, 7) is 5.19. The first-order valence-corrected chi connectivity index (χ1v) is 7.91. The maximum absolute atomic E-state index is 12.1. The van der Waals surface area contributed by atoms with E-state index in [9.17, 15) is 14.9 Å². The number of carbonyl (C=O) groups is 1. The van der Waals surface area contributed by atoms with E-state index < -0.39 is 4.92 Å². The number of hydrogen-bond acceptors (Lipinski definition) is 6. The van der Waals surface area contributed by atoms with Crippen LogP contribution in [0.25, 0.3) is 0 Å². The molecule has 8 nitrogen and oxygen atoms in total. The molecule has 24 heavy (non-hydrogen) atoms. The number of amides is 1. The van der Waals surface area contributed by atoms with Crippen LogP contribution in [0.1, 0.15) is 19.8 Å². The third-order valence-electron chi connectivity index (χ3n) is 4.46. The molecule has 0 aliphatic carbocycles. The first-order chi connectivity index (χ1) is 11.4. The molecule has 0 aromatic heterocycles. The summed E-state index contributed by atoms with van der Waals surface area (Å²) in [5.41, 5.74) is 5.89. The molecule has 3 N–H and O–H groups in total. The van der Waals surface area contributed by atoms with Crippen molar-refractivity contribution in [3.63, 3.8) is 0 Å². The van der Waals surface area contributed by atoms with Crippen molar-refractivity contribution in [3.8, 4) is 5.75 Å². The molecule has 0 radical (unpaired) electrons. The number of rotatable bonds is 7. The van der Waals surface area contributed by atoms with Crippen LogP contribution in [0.15, 0.2) is 18.2 Å². The Morgan fingerprint density at radius 3 is 2.88 bits per heavy atom. The summed E-state index contributed by atoms with van der Waals surface area (Å²) in [4.78, 5) is 24.9. The van der Waals surface area contributed by atoms with Crippen LogP contribution in [0.2, 0.25) is 0 Å². The fraction of sp³-hybridized carbons (Fsp3) is 0.562. The van der Waals surface area contributed by atoms with Crippen molar-refractivity contribution >= 4 is 17.3 Å². The molecular formula is C16H24N4O4. The maximum atomic E-state index is 12.1. The molecule has 8 heteroatoms. The summed E-state index contributed by atoms with van der Waals surface area (Å²) in [5.74, 6) is 0.127. The minimum absolute atomic E-state index is 0.116. The molecule has 1 aliphatic rings. The Morgan fingerprint density at radius 1 is 1.54 bits per heavy atom. The summed E-state index contributed by atoms with van der Waals surface area (Å²) in [6, 6.07) is 4.36. The van der Waals surface area contributed by atoms with Gasteiger partial charge < -0.3 is 20.7 Å². The van der Waals surface area contributed by atoms with E-state index >= 15 is 0 Å². The first-order valence-electron chi connectivity index (χ1n) is 7.91. The lowest BCUT2D eigenvalue weighted by atomic mass is 9.90. The predicted molar refractivity (Wildman–Crippen MR) is 91.1 cm³/mol. The minimum atomic E-state index is -0.536. The lowest BCUT2D eigenvalue weighted by Crippen LogP contribution is -2.32. The van der Waals surface area contributed by atoms with Crippen LogP contribution < -0.4 is 15.8 Å². The standard InChI is InChI=1S/C16H24N4O4/c1-16(10-17)6-8-19(11-16)7-5-15(21)18-13-4-3-12(24-2)9-14(13)20(22)23/h3-4,9H,5-8,10-11,17H2,1-2H3,(H,18,21). The number of carbonyl (C=O) groups excluding carboxylic acids is 1. The van der Waals surface area contributed by atoms with Crippen molar-refractivity contribution < 1.29 is 14.5 Å². The van der Waals surface area contributed by atoms with Crippen LogP contribution >= 0.6 is 0 Å². The Morgan fingerprint density at radius 2 is 2.29 bits per heavy atom. The highest BCUT2D eigenvalue weighted by molar-refractivity contribution is 5.93. The number of nitro groups is 1. The number of likely N-dealkylation sites (tertiary alicyclic amines) is 1. The third-order valence-corrected chi connectivity index (χ3v) is 4.46. The molecule has 0 saturated carbocycles. The van der Waals surface area contributed by atoms with Crippen molar-refractivity contribution in [1.82, 2.24) is 4.90 Å². The molecule has 0 bridgehead atoms. The zero-order valence-electron chi connectivity index (χ0n) is 14.1. The van der Waals surface area contributed by atoms with Crippen LogP contribution in [0.3, 0.4) is 0 Å². The molecule has 1 aliphatic heterocycles. The predicted octanol–water partition coefficient (Wildman–Crippen LogP) is 1.60. The molecule has 1 amide bonds. The first kappa shape index (κ1) is 18.2. The van der Waals surface area contributed by atoms with Gasteiger partial charge in [0.05, 0.1) is 18.1 Å². The number of ether oxygens (including phenoxy) is 1. The number of anilines is 1. The van der Waals surface area contributed by atoms with Gasteiger partial charge in [-0.3, -0.25) is 14.9 Å². The molecule has 1 saturated heterocycles. The molecule has 1 fully saturated rings. The smallest absolute Gasteiger partial charge is 0.296 e. The Bertz CT molecular complexity index is 622. The zero-order chi connectivity index (χ0) is 17.7. The summed E-state index contributed by atoms with van der Waals surface area (Å²) >= 11 is 0. The van der Waals surface area contributed by atoms with Crippen LogP contribution in [0, 0.1) is 15.5 Å². The highest BCUT2D eigenvalue weighted by Crippen LogP contribution is 2.30. The third kappa shape index (κ3) is 4.42. The fourth-order valence-electron chi connectivity index (χ4n) is 2.85. The van der Waals surface area contributed by atoms with Gasteiger partial charge in [-0.1, -0.05) is 6.92 Å². The van der Waals surface area contributed by atoms with E-state index in [1.54, 1.807) is 6.07 Å². The zero-order valence-corrected chi connectivity index (χ0v) is 14.1. The number of nitro benzene ring substituents is 1. The van der Waals surface area contributed by atoms with Crippen LogP contribution in [-0.4, -0.2) is 49.0 Å². The normalized spacial score (nSPS) is 20.8. The maximum Gasteiger partial charge on any atom is 0.296 e. The minimum Gasteiger partial charge on any atom is -0.496 e. The summed E-state index contributed by atoms with van der Waals surface area (Å²) < 4.78 is 4.98. The van der Waals surface area contributed by atoms with E-state index in [0.29, 0.717) is 18.8 Å². The molecule has 2 rings (SSSR count). The van der Waals surface area contributed by atoms with E-state index in [-0.39, 0.29) is 29.1 Å². The fourth-order valence-corrected chi connectivity index (χ4v) is 2.85. The van der Waals surface area contributed by atoms with Crippen molar-refractivity contribution in [1.29, 1.82) is 0 Å². The lowest BCUT2D eigenvalue weighted by Gasteiger charge is -2.22. The van der Waals surface area contributed by atoms with Crippen LogP contribution in [0.4, 0.5) is 11.4 Å². The molecular weight excluding hydrogens is 312 g/mol. The van der Waals surface area contributed by atoms with Crippen molar-refractivity contribution in [2.45, 2.75) is 19.8 Å². The Kier molecular flexibility index (Phi) is 5.74. The van der Waals surface area contributed by atoms with Crippen LogP contribution in [0.5, 0.6) is 5.75 Å². The molecule has 0 spiro atoms. The highest BCUT2D eigenvalue weighted by atomic mass is 16.6. The number of benzene rings is 1. The average Bonchev–Trinajstić information content (AvgIpc) is 2.95. The van der Waals surface area contributed by atoms with Gasteiger partial charge in [0.2, 0.25) is 5.91 Å². The Balaban J connectivity index is 1.92. The van der Waals surface area contributed by atoms with Gasteiger partial charge in [0.15, 0.2) is 0 Å². The van der Waals surface area contributed by atoms with Crippen molar-refractivity contribution in [2.75, 3.05) is 38.6 Å². The van der Waals surface area contributed by atoms with Crippen molar-refractivity contribution in [2.24, 2.45) is 11.1 Å². The molecule has 1 unspecified atom stereocenters. The molecule has 1 aromatic carbocycles. The second-order valence-corrected chi connectivity index (χ2v) is 6.48. The lowest BCUT2D eigenvalue weighted by molar-refractivity contribution is -0.384. The average molecular weight is 336 g/mol. The Labute approximate surface area is 141 Å². The molecule has 1 heterocycles. The van der Waals surface area contributed by atoms with Gasteiger partial charge in [-0.2, -0.15) is 0 Å². The second-order valence-electron chi connectivity index (χ2n) is 6.48. The number of nitrogens with zero attached hydrogens (tertiary/aromatic N) is 2. The molecule has 1 atom stereocenters. The summed E-state index contributed by atoms with van der Waals surface area (Å²) in [5, 5.41) is 13.7. The Hall–Kier alpha value is -2.19. The van der Waals surface area contributed by atoms with E-state index in [4.69, 9.17) is 10.5 Å². The number of nitrogens with two attached hydrogens (primary N) is 1. The number of methoxy groups -OCH3 is 1. The monoisotopic (exact) mass is 336 g/mol. The molecule has 1 aromatic rings. The second kappa shape index (κ2) is 7.59. The summed E-state index contributed by atoms with van der Waals surface area (Å²) in [7, 11) is 1.43. The van der Waals surface area contributed by atoms with Gasteiger partial charge in [-0.05, 0) is 37.1 Å². The van der Waals surface area contributed by atoms with E-state index in [0.717, 1.165) is 19.5 Å². The van der Waals surface area contributed by atoms with Gasteiger partial charge in [-0.25, -0.2) is 0 Å². The van der Waals surface area contributed by atoms with Gasteiger partial charge in [0.25, 0.3) is 5.69 Å². The molecule has 132 valence electrons. The van der Waals surface area contributed by atoms with E-state index in [2.05, 4.69) is 17.1 Å². The quantitative estimate of drug-likeness (QED) is 0.578. The number of nitrogens with one attached hydrogen (secondary N) is 1. The number of hydrogen-bond donors (Lipinski definition) is 2. The SMILES string of the molecule is COc1ccc(NC(=O)CCN2CCC(C)(CN)C2)c([N+](=O)[O-])c1. The van der Waals surface area contributed by atoms with Gasteiger partial charge >= 0.3 is 0 Å². The van der Waals surface area contributed by atoms with Gasteiger partial charge in [-0.15, -0.1) is 0 Å². The van der Waals surface area contributed by atoms with E-state index in [1.807, 2.05) is 0 Å². The van der Waals surface area contributed by atoms with Gasteiger partial charge in [0.1, 0.15) is 11.4 Å². The highest BCUT2D eigenvalue weighted by Gasteiger charge is 2.32. The van der Waals surface area contributed by atoms with Gasteiger partial charge in [0, 0.05) is 19.5 Å². The van der Waals surface area contributed by atoms with E-state index in [1.165, 1.54) is 19.2 Å². The topological polar surface area (TPSA) is 111 Å². The summed E-state index contributed by atoms with van der Waals surface area (Å²) in [6.07, 6.45) is 1.30.